The van der Waals surface area contributed by atoms with Crippen molar-refractivity contribution < 1.29 is 19.6 Å². The molecular formula is C17H10ClI2N3O5S. The zero-order chi connectivity index (χ0) is 21.7. The number of halogens is 3. The Hall–Kier alpha value is -1.84. The molecule has 2 aromatic rings. The molecule has 0 fully saturated rings. The van der Waals surface area contributed by atoms with Crippen LogP contribution in [0.5, 0.6) is 0 Å². The highest BCUT2D eigenvalue weighted by molar-refractivity contribution is 14.1. The summed E-state index contributed by atoms with van der Waals surface area (Å²) in [6.45, 7) is 0. The van der Waals surface area contributed by atoms with Gasteiger partial charge in [-0.05, 0) is 87.2 Å². The molecule has 0 unspecified atom stereocenters. The van der Waals surface area contributed by atoms with Gasteiger partial charge in [-0.25, -0.2) is 4.79 Å². The van der Waals surface area contributed by atoms with Crippen LogP contribution in [0.3, 0.4) is 0 Å². The van der Waals surface area contributed by atoms with Gasteiger partial charge in [0.25, 0.3) is 5.69 Å². The van der Waals surface area contributed by atoms with E-state index in [0.717, 1.165) is 9.65 Å². The molecule has 0 atom stereocenters. The highest BCUT2D eigenvalue weighted by atomic mass is 127. The van der Waals surface area contributed by atoms with Gasteiger partial charge in [0, 0.05) is 19.3 Å². The number of rotatable bonds is 5. The second-order valence-electron chi connectivity index (χ2n) is 5.36. The van der Waals surface area contributed by atoms with Gasteiger partial charge in [-0.1, -0.05) is 17.7 Å². The fourth-order valence-electron chi connectivity index (χ4n) is 2.11. The lowest BCUT2D eigenvalue weighted by Gasteiger charge is -2.13. The van der Waals surface area contributed by atoms with Gasteiger partial charge in [0.15, 0.2) is 5.11 Å². The lowest BCUT2D eigenvalue weighted by atomic mass is 10.2. The van der Waals surface area contributed by atoms with Crippen LogP contribution in [-0.4, -0.2) is 27.0 Å². The molecule has 0 saturated carbocycles. The van der Waals surface area contributed by atoms with E-state index in [1.807, 2.05) is 45.2 Å². The van der Waals surface area contributed by atoms with E-state index in [-0.39, 0.29) is 27.1 Å². The smallest absolute Gasteiger partial charge is 0.337 e. The third-order valence-electron chi connectivity index (χ3n) is 3.35. The van der Waals surface area contributed by atoms with E-state index in [9.17, 15) is 24.8 Å². The van der Waals surface area contributed by atoms with E-state index in [1.165, 1.54) is 30.3 Å². The molecule has 0 aliphatic heterocycles. The number of aromatic carboxylic acids is 1. The SMILES string of the molecule is O=C(/C=C/c1ccc(Cl)c([N+](=O)[O-])c1)NC(=S)Nc1c(I)cc(I)cc1C(=O)O. The Bertz CT molecular complexity index is 1060. The van der Waals surface area contributed by atoms with Crippen molar-refractivity contribution >= 4 is 103 Å². The summed E-state index contributed by atoms with van der Waals surface area (Å²) in [5.41, 5.74) is 0.402. The van der Waals surface area contributed by atoms with Crippen molar-refractivity contribution in [1.82, 2.24) is 5.32 Å². The first-order valence-corrected chi connectivity index (χ1v) is 10.5. The van der Waals surface area contributed by atoms with Gasteiger partial charge in [0.1, 0.15) is 5.02 Å². The standard InChI is InChI=1S/C17H10ClI2N3O5S/c18-11-3-1-8(5-13(11)23(27)28)2-4-14(24)21-17(29)22-15-10(16(25)26)6-9(19)7-12(15)20/h1-7H,(H,25,26)(H2,21,22,24,29)/b4-2+. The minimum absolute atomic E-state index is 0.0108. The number of benzene rings is 2. The van der Waals surface area contributed by atoms with Crippen LogP contribution < -0.4 is 10.6 Å². The molecule has 0 saturated heterocycles. The van der Waals surface area contributed by atoms with Crippen LogP contribution in [0.25, 0.3) is 6.08 Å². The molecule has 1 amide bonds. The third-order valence-corrected chi connectivity index (χ3v) is 5.35. The average molecular weight is 658 g/mol. The van der Waals surface area contributed by atoms with Crippen molar-refractivity contribution in [3.05, 3.63) is 69.8 Å². The largest absolute Gasteiger partial charge is 0.478 e. The van der Waals surface area contributed by atoms with Crippen LogP contribution in [0.15, 0.2) is 36.4 Å². The number of carboxylic acids is 1. The van der Waals surface area contributed by atoms with E-state index in [2.05, 4.69) is 10.6 Å². The van der Waals surface area contributed by atoms with Crippen molar-refractivity contribution in [3.8, 4) is 0 Å². The molecule has 12 heteroatoms. The summed E-state index contributed by atoms with van der Waals surface area (Å²) < 4.78 is 1.36. The third kappa shape index (κ3) is 6.58. The second kappa shape index (κ2) is 10.3. The molecule has 3 N–H and O–H groups in total. The van der Waals surface area contributed by atoms with Crippen LogP contribution >= 0.6 is 69.0 Å². The Morgan fingerprint density at radius 1 is 1.24 bits per heavy atom. The van der Waals surface area contributed by atoms with Crippen molar-refractivity contribution in [3.63, 3.8) is 0 Å². The minimum Gasteiger partial charge on any atom is -0.478 e. The van der Waals surface area contributed by atoms with Crippen LogP contribution in [0.4, 0.5) is 11.4 Å². The van der Waals surface area contributed by atoms with Gasteiger partial charge in [0.05, 0.1) is 16.2 Å². The Labute approximate surface area is 202 Å². The number of nitrogens with zero attached hydrogens (tertiary/aromatic N) is 1. The van der Waals surface area contributed by atoms with Gasteiger partial charge in [-0.15, -0.1) is 0 Å². The Balaban J connectivity index is 2.10. The number of carbonyl (C=O) groups excluding carboxylic acids is 1. The molecule has 29 heavy (non-hydrogen) atoms. The Kier molecular flexibility index (Phi) is 8.30. The number of anilines is 1. The summed E-state index contributed by atoms with van der Waals surface area (Å²) in [7, 11) is 0. The fourth-order valence-corrected chi connectivity index (χ4v) is 4.48. The summed E-state index contributed by atoms with van der Waals surface area (Å²) in [6, 6.07) is 7.34. The van der Waals surface area contributed by atoms with Gasteiger partial charge in [-0.3, -0.25) is 20.2 Å². The normalized spacial score (nSPS) is 10.6. The number of carbonyl (C=O) groups is 2. The predicted molar refractivity (Wildman–Crippen MR) is 130 cm³/mol. The van der Waals surface area contributed by atoms with Gasteiger partial charge in [0.2, 0.25) is 5.91 Å². The number of nitro groups is 1. The van der Waals surface area contributed by atoms with Crippen LogP contribution in [0, 0.1) is 17.3 Å². The molecule has 0 heterocycles. The van der Waals surface area contributed by atoms with E-state index in [4.69, 9.17) is 23.8 Å². The van der Waals surface area contributed by atoms with Gasteiger partial charge in [-0.2, -0.15) is 0 Å². The predicted octanol–water partition coefficient (Wildman–Crippen LogP) is 4.68. The number of carboxylic acid groups (broad SMARTS) is 1. The highest BCUT2D eigenvalue weighted by Gasteiger charge is 2.16. The molecule has 2 rings (SSSR count). The molecular weight excluding hydrogens is 648 g/mol. The molecule has 0 spiro atoms. The molecule has 0 aromatic heterocycles. The maximum absolute atomic E-state index is 12.1. The molecule has 2 aromatic carbocycles. The zero-order valence-electron chi connectivity index (χ0n) is 14.1. The topological polar surface area (TPSA) is 122 Å². The number of amides is 1. The van der Waals surface area contributed by atoms with Crippen molar-refractivity contribution in [2.45, 2.75) is 0 Å². The van der Waals surface area contributed by atoms with Crippen molar-refractivity contribution in [1.29, 1.82) is 0 Å². The number of thiocarbonyl (C=S) groups is 1. The van der Waals surface area contributed by atoms with Crippen LogP contribution in [-0.2, 0) is 4.79 Å². The number of hydrogen-bond donors (Lipinski definition) is 3. The highest BCUT2D eigenvalue weighted by Crippen LogP contribution is 2.27. The molecule has 150 valence electrons. The lowest BCUT2D eigenvalue weighted by Crippen LogP contribution is -2.33. The maximum Gasteiger partial charge on any atom is 0.337 e. The fraction of sp³-hybridized carbons (Fsp3) is 0. The van der Waals surface area contributed by atoms with E-state index in [0.29, 0.717) is 9.13 Å². The average Bonchev–Trinajstić information content (AvgIpc) is 2.62. The first-order valence-electron chi connectivity index (χ1n) is 7.55. The summed E-state index contributed by atoms with van der Waals surface area (Å²) >= 11 is 14.8. The summed E-state index contributed by atoms with van der Waals surface area (Å²) in [5, 5.41) is 25.3. The molecule has 0 aliphatic carbocycles. The molecule has 8 nitrogen and oxygen atoms in total. The van der Waals surface area contributed by atoms with Crippen LogP contribution in [0.1, 0.15) is 15.9 Å². The number of nitro benzene ring substituents is 1. The first-order chi connectivity index (χ1) is 13.6. The summed E-state index contributed by atoms with van der Waals surface area (Å²) in [6.07, 6.45) is 2.50. The van der Waals surface area contributed by atoms with Crippen LogP contribution in [0.2, 0.25) is 5.02 Å². The quantitative estimate of drug-likeness (QED) is 0.140. The molecule has 0 radical (unpaired) electrons. The lowest BCUT2D eigenvalue weighted by molar-refractivity contribution is -0.384. The van der Waals surface area contributed by atoms with E-state index >= 15 is 0 Å². The molecule has 0 aliphatic rings. The first kappa shape index (κ1) is 23.4. The second-order valence-corrected chi connectivity index (χ2v) is 8.58. The monoisotopic (exact) mass is 657 g/mol. The van der Waals surface area contributed by atoms with Crippen molar-refractivity contribution in [2.75, 3.05) is 5.32 Å². The van der Waals surface area contributed by atoms with E-state index < -0.39 is 16.8 Å². The Morgan fingerprint density at radius 2 is 1.93 bits per heavy atom. The van der Waals surface area contributed by atoms with Gasteiger partial charge < -0.3 is 10.4 Å². The molecule has 0 bridgehead atoms. The van der Waals surface area contributed by atoms with Crippen molar-refractivity contribution in [2.24, 2.45) is 0 Å². The zero-order valence-corrected chi connectivity index (χ0v) is 20.0. The minimum atomic E-state index is -1.14. The maximum atomic E-state index is 12.1. The number of hydrogen-bond acceptors (Lipinski definition) is 5. The summed E-state index contributed by atoms with van der Waals surface area (Å²) in [5.74, 6) is -1.74. The summed E-state index contributed by atoms with van der Waals surface area (Å²) in [4.78, 5) is 33.8. The van der Waals surface area contributed by atoms with Gasteiger partial charge >= 0.3 is 5.97 Å². The van der Waals surface area contributed by atoms with E-state index in [1.54, 1.807) is 6.07 Å². The Morgan fingerprint density at radius 3 is 2.55 bits per heavy atom. The number of nitrogens with one attached hydrogen (secondary N) is 2.